The van der Waals surface area contributed by atoms with Crippen molar-refractivity contribution in [2.24, 2.45) is 5.92 Å². The number of nitrogens with one attached hydrogen (secondary N) is 1. The van der Waals surface area contributed by atoms with E-state index in [2.05, 4.69) is 5.32 Å². The lowest BCUT2D eigenvalue weighted by Crippen LogP contribution is -2.51. The zero-order chi connectivity index (χ0) is 26.1. The highest BCUT2D eigenvalue weighted by atomic mass is 35.5. The molecule has 0 fully saturated rings. The summed E-state index contributed by atoms with van der Waals surface area (Å²) in [5.74, 6) is 0.569. The van der Waals surface area contributed by atoms with E-state index < -0.39 is 6.04 Å². The Hall–Kier alpha value is -3.02. The highest BCUT2D eigenvalue weighted by Crippen LogP contribution is 2.24. The van der Waals surface area contributed by atoms with Gasteiger partial charge in [0.25, 0.3) is 0 Å². The zero-order valence-electron chi connectivity index (χ0n) is 20.8. The smallest absolute Gasteiger partial charge is 0.243 e. The molecule has 5 nitrogen and oxygen atoms in total. The zero-order valence-corrected chi connectivity index (χ0v) is 22.4. The predicted octanol–water partition coefficient (Wildman–Crippen LogP) is 5.96. The number of nitrogens with zero attached hydrogens (tertiary/aromatic N) is 1. The molecular formula is C29H32Cl2N2O3. The van der Waals surface area contributed by atoms with Crippen LogP contribution in [0.2, 0.25) is 10.0 Å². The summed E-state index contributed by atoms with van der Waals surface area (Å²) in [7, 11) is 1.60. The van der Waals surface area contributed by atoms with Crippen molar-refractivity contribution < 1.29 is 14.3 Å². The van der Waals surface area contributed by atoms with Crippen LogP contribution in [0.1, 0.15) is 30.5 Å². The van der Waals surface area contributed by atoms with Crippen molar-refractivity contribution in [2.45, 2.75) is 39.3 Å². The van der Waals surface area contributed by atoms with Crippen molar-refractivity contribution in [3.05, 3.63) is 99.5 Å². The van der Waals surface area contributed by atoms with Gasteiger partial charge in [-0.25, -0.2) is 0 Å². The van der Waals surface area contributed by atoms with Gasteiger partial charge in [-0.05, 0) is 46.9 Å². The normalized spacial score (nSPS) is 11.7. The van der Waals surface area contributed by atoms with Crippen LogP contribution in [-0.4, -0.2) is 36.4 Å². The number of amides is 2. The number of hydrogen-bond donors (Lipinski definition) is 1. The molecule has 3 aromatic rings. The molecule has 1 N–H and O–H groups in total. The van der Waals surface area contributed by atoms with Crippen molar-refractivity contribution in [2.75, 3.05) is 13.7 Å². The maximum Gasteiger partial charge on any atom is 0.243 e. The van der Waals surface area contributed by atoms with Crippen molar-refractivity contribution in [1.29, 1.82) is 0 Å². The second kappa shape index (κ2) is 13.3. The molecule has 0 aliphatic rings. The van der Waals surface area contributed by atoms with Crippen LogP contribution in [0.3, 0.4) is 0 Å². The fourth-order valence-corrected chi connectivity index (χ4v) is 4.35. The molecule has 0 saturated carbocycles. The van der Waals surface area contributed by atoms with Crippen LogP contribution in [0.4, 0.5) is 0 Å². The summed E-state index contributed by atoms with van der Waals surface area (Å²) in [6, 6.07) is 21.6. The van der Waals surface area contributed by atoms with E-state index in [9.17, 15) is 9.59 Å². The number of carbonyl (C=O) groups is 2. The second-order valence-electron chi connectivity index (χ2n) is 9.13. The molecule has 3 aromatic carbocycles. The average Bonchev–Trinajstić information content (AvgIpc) is 2.87. The molecule has 0 bridgehead atoms. The number of methoxy groups -OCH3 is 1. The molecule has 190 valence electrons. The summed E-state index contributed by atoms with van der Waals surface area (Å²) in [6.45, 7) is 4.84. The third-order valence-corrected chi connectivity index (χ3v) is 6.39. The Morgan fingerprint density at radius 3 is 2.33 bits per heavy atom. The number of ether oxygens (including phenoxy) is 1. The Morgan fingerprint density at radius 2 is 1.67 bits per heavy atom. The summed E-state index contributed by atoms with van der Waals surface area (Å²) in [5.41, 5.74) is 2.48. The molecule has 0 aromatic heterocycles. The maximum absolute atomic E-state index is 13.8. The van der Waals surface area contributed by atoms with Gasteiger partial charge in [0.05, 0.1) is 13.5 Å². The van der Waals surface area contributed by atoms with E-state index in [4.69, 9.17) is 27.9 Å². The Balaban J connectivity index is 1.99. The molecule has 0 aliphatic carbocycles. The summed E-state index contributed by atoms with van der Waals surface area (Å²) in [5, 5.41) is 3.94. The van der Waals surface area contributed by atoms with Crippen molar-refractivity contribution in [1.82, 2.24) is 10.2 Å². The van der Waals surface area contributed by atoms with E-state index >= 15 is 0 Å². The van der Waals surface area contributed by atoms with Crippen molar-refractivity contribution >= 4 is 35.0 Å². The standard InChI is InChI=1S/C29H32Cl2N2O3/c1-20(2)18-32-29(35)27(15-21-8-5-4-6-9-21)33(19-22-10-7-11-25(14-22)36-3)28(34)16-23-12-13-24(30)17-26(23)31/h4-14,17,20,27H,15-16,18-19H2,1-3H3,(H,32,35)/t27-/m1/s1. The molecule has 0 spiro atoms. The predicted molar refractivity (Wildman–Crippen MR) is 145 cm³/mol. The second-order valence-corrected chi connectivity index (χ2v) is 9.97. The number of rotatable bonds is 11. The lowest BCUT2D eigenvalue weighted by molar-refractivity contribution is -0.140. The first kappa shape index (κ1) is 27.6. The largest absolute Gasteiger partial charge is 0.497 e. The van der Waals surface area contributed by atoms with Crippen LogP contribution in [0, 0.1) is 5.92 Å². The number of hydrogen-bond acceptors (Lipinski definition) is 3. The Morgan fingerprint density at radius 1 is 0.944 bits per heavy atom. The molecule has 0 heterocycles. The summed E-state index contributed by atoms with van der Waals surface area (Å²) < 4.78 is 5.38. The first-order valence-electron chi connectivity index (χ1n) is 11.9. The number of carbonyl (C=O) groups excluding carboxylic acids is 2. The lowest BCUT2D eigenvalue weighted by atomic mass is 10.0. The van der Waals surface area contributed by atoms with E-state index in [0.717, 1.165) is 11.1 Å². The first-order valence-corrected chi connectivity index (χ1v) is 12.7. The molecule has 3 rings (SSSR count). The molecular weight excluding hydrogens is 495 g/mol. The lowest BCUT2D eigenvalue weighted by Gasteiger charge is -2.32. The van der Waals surface area contributed by atoms with Crippen LogP contribution < -0.4 is 10.1 Å². The number of benzene rings is 3. The summed E-state index contributed by atoms with van der Waals surface area (Å²) >= 11 is 12.4. The van der Waals surface area contributed by atoms with Gasteiger partial charge in [-0.3, -0.25) is 9.59 Å². The highest BCUT2D eigenvalue weighted by molar-refractivity contribution is 6.35. The fourth-order valence-electron chi connectivity index (χ4n) is 3.87. The van der Waals surface area contributed by atoms with Gasteiger partial charge in [-0.2, -0.15) is 0 Å². The summed E-state index contributed by atoms with van der Waals surface area (Å²) in [4.78, 5) is 28.9. The van der Waals surface area contributed by atoms with E-state index in [1.165, 1.54) is 0 Å². The minimum Gasteiger partial charge on any atom is -0.497 e. The first-order chi connectivity index (χ1) is 17.3. The van der Waals surface area contributed by atoms with Crippen molar-refractivity contribution in [3.8, 4) is 5.75 Å². The van der Waals surface area contributed by atoms with Crippen LogP contribution in [0.25, 0.3) is 0 Å². The van der Waals surface area contributed by atoms with Gasteiger partial charge in [0, 0.05) is 29.6 Å². The van der Waals surface area contributed by atoms with Crippen LogP contribution in [-0.2, 0) is 29.0 Å². The molecule has 36 heavy (non-hydrogen) atoms. The molecule has 0 radical (unpaired) electrons. The van der Waals surface area contributed by atoms with Gasteiger partial charge in [0.2, 0.25) is 11.8 Å². The Bertz CT molecular complexity index is 1170. The van der Waals surface area contributed by atoms with Crippen LogP contribution >= 0.6 is 23.2 Å². The third kappa shape index (κ3) is 8.00. The van der Waals surface area contributed by atoms with E-state index in [1.54, 1.807) is 30.2 Å². The number of halogens is 2. The molecule has 2 amide bonds. The Labute approximate surface area is 223 Å². The fraction of sp³-hybridized carbons (Fsp3) is 0.310. The molecule has 0 unspecified atom stereocenters. The SMILES string of the molecule is COc1cccc(CN(C(=O)Cc2ccc(Cl)cc2Cl)[C@H](Cc2ccccc2)C(=O)NCC(C)C)c1. The summed E-state index contributed by atoms with van der Waals surface area (Å²) in [6.07, 6.45) is 0.428. The molecule has 0 saturated heterocycles. The topological polar surface area (TPSA) is 58.6 Å². The van der Waals surface area contributed by atoms with Gasteiger partial charge in [-0.1, -0.05) is 85.6 Å². The van der Waals surface area contributed by atoms with Crippen LogP contribution in [0.15, 0.2) is 72.8 Å². The van der Waals surface area contributed by atoms with Gasteiger partial charge in [0.15, 0.2) is 0 Å². The van der Waals surface area contributed by atoms with E-state index in [0.29, 0.717) is 34.3 Å². The van der Waals surface area contributed by atoms with Crippen molar-refractivity contribution in [3.63, 3.8) is 0 Å². The van der Waals surface area contributed by atoms with E-state index in [-0.39, 0.29) is 30.7 Å². The molecule has 0 aliphatic heterocycles. The van der Waals surface area contributed by atoms with Crippen LogP contribution in [0.5, 0.6) is 5.75 Å². The quantitative estimate of drug-likeness (QED) is 0.335. The van der Waals surface area contributed by atoms with Gasteiger partial charge in [-0.15, -0.1) is 0 Å². The monoisotopic (exact) mass is 526 g/mol. The molecule has 7 heteroatoms. The molecule has 1 atom stereocenters. The highest BCUT2D eigenvalue weighted by Gasteiger charge is 2.30. The van der Waals surface area contributed by atoms with Gasteiger partial charge < -0.3 is 15.0 Å². The van der Waals surface area contributed by atoms with Gasteiger partial charge in [0.1, 0.15) is 11.8 Å². The van der Waals surface area contributed by atoms with Gasteiger partial charge >= 0.3 is 0 Å². The average molecular weight is 527 g/mol. The third-order valence-electron chi connectivity index (χ3n) is 5.80. The van der Waals surface area contributed by atoms with E-state index in [1.807, 2.05) is 68.4 Å². The maximum atomic E-state index is 13.8. The Kier molecular flexibility index (Phi) is 10.2. The minimum atomic E-state index is -0.712. The minimum absolute atomic E-state index is 0.0444.